The van der Waals surface area contributed by atoms with Crippen molar-refractivity contribution in [2.75, 3.05) is 12.3 Å². The molecule has 18 heavy (non-hydrogen) atoms. The van der Waals surface area contributed by atoms with Crippen LogP contribution in [0.5, 0.6) is 0 Å². The van der Waals surface area contributed by atoms with E-state index in [9.17, 15) is 9.59 Å². The SMILES string of the molecule is Cc1ccc(C(=O)N[C@@H](CCO)C(=O)O)cc1N. The van der Waals surface area contributed by atoms with Crippen molar-refractivity contribution in [3.05, 3.63) is 29.3 Å². The number of aryl methyl sites for hydroxylation is 1. The first kappa shape index (κ1) is 14.0. The Balaban J connectivity index is 2.80. The first-order valence-corrected chi connectivity index (χ1v) is 5.46. The summed E-state index contributed by atoms with van der Waals surface area (Å²) >= 11 is 0. The van der Waals surface area contributed by atoms with Crippen LogP contribution in [-0.4, -0.2) is 34.7 Å². The van der Waals surface area contributed by atoms with Crippen LogP contribution in [0.25, 0.3) is 0 Å². The molecule has 0 heterocycles. The molecule has 98 valence electrons. The number of aliphatic carboxylic acids is 1. The van der Waals surface area contributed by atoms with Crippen LogP contribution >= 0.6 is 0 Å². The lowest BCUT2D eigenvalue weighted by Crippen LogP contribution is -2.41. The molecule has 0 aliphatic rings. The molecule has 0 aliphatic heterocycles. The lowest BCUT2D eigenvalue weighted by atomic mass is 10.1. The van der Waals surface area contributed by atoms with Crippen LogP contribution < -0.4 is 11.1 Å². The Morgan fingerprint density at radius 2 is 2.11 bits per heavy atom. The Morgan fingerprint density at radius 1 is 1.44 bits per heavy atom. The average molecular weight is 252 g/mol. The quantitative estimate of drug-likeness (QED) is 0.557. The Kier molecular flexibility index (Phi) is 4.67. The number of aliphatic hydroxyl groups is 1. The van der Waals surface area contributed by atoms with Gasteiger partial charge in [0.1, 0.15) is 6.04 Å². The minimum atomic E-state index is -1.18. The summed E-state index contributed by atoms with van der Waals surface area (Å²) in [5.74, 6) is -1.71. The van der Waals surface area contributed by atoms with Crippen LogP contribution in [0.1, 0.15) is 22.3 Å². The number of rotatable bonds is 5. The molecule has 1 aromatic carbocycles. The highest BCUT2D eigenvalue weighted by atomic mass is 16.4. The van der Waals surface area contributed by atoms with E-state index in [4.69, 9.17) is 15.9 Å². The third-order valence-electron chi connectivity index (χ3n) is 2.56. The Morgan fingerprint density at radius 3 is 2.61 bits per heavy atom. The summed E-state index contributed by atoms with van der Waals surface area (Å²) in [4.78, 5) is 22.6. The molecule has 5 N–H and O–H groups in total. The number of benzene rings is 1. The Bertz CT molecular complexity index is 459. The van der Waals surface area contributed by atoms with Crippen LogP contribution in [0.4, 0.5) is 5.69 Å². The Hall–Kier alpha value is -2.08. The standard InChI is InChI=1S/C12H16N2O4/c1-7-2-3-8(6-9(7)13)11(16)14-10(4-5-15)12(17)18/h2-3,6,10,15H,4-5,13H2,1H3,(H,14,16)(H,17,18)/t10-/m0/s1. The molecule has 1 rings (SSSR count). The first-order valence-electron chi connectivity index (χ1n) is 5.46. The predicted molar refractivity (Wildman–Crippen MR) is 66.2 cm³/mol. The number of hydrogen-bond acceptors (Lipinski definition) is 4. The number of carbonyl (C=O) groups excluding carboxylic acids is 1. The molecule has 0 bridgehead atoms. The van der Waals surface area contributed by atoms with E-state index in [1.54, 1.807) is 12.1 Å². The fourth-order valence-corrected chi connectivity index (χ4v) is 1.41. The third kappa shape index (κ3) is 3.46. The van der Waals surface area contributed by atoms with Crippen molar-refractivity contribution in [3.63, 3.8) is 0 Å². The topological polar surface area (TPSA) is 113 Å². The smallest absolute Gasteiger partial charge is 0.326 e. The van der Waals surface area contributed by atoms with Gasteiger partial charge < -0.3 is 21.3 Å². The third-order valence-corrected chi connectivity index (χ3v) is 2.56. The van der Waals surface area contributed by atoms with Crippen LogP contribution in [0.3, 0.4) is 0 Å². The molecule has 0 radical (unpaired) electrons. The maximum Gasteiger partial charge on any atom is 0.326 e. The number of nitrogens with two attached hydrogens (primary N) is 1. The molecular formula is C12H16N2O4. The van der Waals surface area contributed by atoms with Gasteiger partial charge in [-0.1, -0.05) is 6.07 Å². The molecule has 0 fully saturated rings. The van der Waals surface area contributed by atoms with Gasteiger partial charge in [0.2, 0.25) is 0 Å². The molecular weight excluding hydrogens is 236 g/mol. The number of amides is 1. The van der Waals surface area contributed by atoms with Crippen molar-refractivity contribution >= 4 is 17.6 Å². The number of carbonyl (C=O) groups is 2. The van der Waals surface area contributed by atoms with Crippen LogP contribution in [0.2, 0.25) is 0 Å². The number of aliphatic hydroxyl groups excluding tert-OH is 1. The highest BCUT2D eigenvalue weighted by molar-refractivity contribution is 5.97. The minimum absolute atomic E-state index is 0.0393. The second-order valence-corrected chi connectivity index (χ2v) is 3.95. The fourth-order valence-electron chi connectivity index (χ4n) is 1.41. The molecule has 1 aromatic rings. The summed E-state index contributed by atoms with van der Waals surface area (Å²) in [6.07, 6.45) is -0.0393. The maximum absolute atomic E-state index is 11.8. The average Bonchev–Trinajstić information content (AvgIpc) is 2.31. The van der Waals surface area contributed by atoms with E-state index in [1.807, 2.05) is 6.92 Å². The number of nitrogen functional groups attached to an aromatic ring is 1. The van der Waals surface area contributed by atoms with E-state index in [-0.39, 0.29) is 13.0 Å². The number of nitrogens with one attached hydrogen (secondary N) is 1. The van der Waals surface area contributed by atoms with E-state index < -0.39 is 17.9 Å². The summed E-state index contributed by atoms with van der Waals surface area (Å²) in [5, 5.41) is 19.9. The molecule has 0 saturated carbocycles. The first-order chi connectivity index (χ1) is 8.45. The monoisotopic (exact) mass is 252 g/mol. The van der Waals surface area contributed by atoms with E-state index >= 15 is 0 Å². The molecule has 0 aliphatic carbocycles. The molecule has 6 heteroatoms. The van der Waals surface area contributed by atoms with Gasteiger partial charge in [-0.25, -0.2) is 4.79 Å². The van der Waals surface area contributed by atoms with Crippen molar-refractivity contribution in [1.82, 2.24) is 5.32 Å². The number of carboxylic acids is 1. The lowest BCUT2D eigenvalue weighted by Gasteiger charge is -2.13. The summed E-state index contributed by atoms with van der Waals surface area (Å²) in [7, 11) is 0. The van der Waals surface area contributed by atoms with Gasteiger partial charge in [0.25, 0.3) is 5.91 Å². The highest BCUT2D eigenvalue weighted by Crippen LogP contribution is 2.13. The van der Waals surface area contributed by atoms with Crippen molar-refractivity contribution in [3.8, 4) is 0 Å². The molecule has 0 aromatic heterocycles. The van der Waals surface area contributed by atoms with E-state index in [0.717, 1.165) is 5.56 Å². The van der Waals surface area contributed by atoms with Gasteiger partial charge in [0.05, 0.1) is 0 Å². The fraction of sp³-hybridized carbons (Fsp3) is 0.333. The van der Waals surface area contributed by atoms with E-state index in [1.165, 1.54) is 6.07 Å². The highest BCUT2D eigenvalue weighted by Gasteiger charge is 2.20. The minimum Gasteiger partial charge on any atom is -0.480 e. The van der Waals surface area contributed by atoms with Gasteiger partial charge in [-0.15, -0.1) is 0 Å². The summed E-state index contributed by atoms with van der Waals surface area (Å²) < 4.78 is 0. The molecule has 1 atom stereocenters. The Labute approximate surface area is 104 Å². The maximum atomic E-state index is 11.8. The van der Waals surface area contributed by atoms with Gasteiger partial charge in [0.15, 0.2) is 0 Å². The summed E-state index contributed by atoms with van der Waals surface area (Å²) in [6, 6.07) is 3.64. The van der Waals surface area contributed by atoms with Crippen LogP contribution in [0.15, 0.2) is 18.2 Å². The predicted octanol–water partition coefficient (Wildman–Crippen LogP) is 0.143. The number of anilines is 1. The van der Waals surface area contributed by atoms with Gasteiger partial charge >= 0.3 is 5.97 Å². The number of carboxylic acid groups (broad SMARTS) is 1. The molecule has 0 spiro atoms. The second-order valence-electron chi connectivity index (χ2n) is 3.95. The van der Waals surface area contributed by atoms with E-state index in [0.29, 0.717) is 11.3 Å². The largest absolute Gasteiger partial charge is 0.480 e. The molecule has 0 saturated heterocycles. The van der Waals surface area contributed by atoms with E-state index in [2.05, 4.69) is 5.32 Å². The van der Waals surface area contributed by atoms with Crippen molar-refractivity contribution < 1.29 is 19.8 Å². The molecule has 1 amide bonds. The summed E-state index contributed by atoms with van der Waals surface area (Å²) in [5.41, 5.74) is 7.28. The van der Waals surface area contributed by atoms with Crippen molar-refractivity contribution in [1.29, 1.82) is 0 Å². The molecule has 6 nitrogen and oxygen atoms in total. The van der Waals surface area contributed by atoms with Gasteiger partial charge in [-0.3, -0.25) is 4.79 Å². The van der Waals surface area contributed by atoms with Gasteiger partial charge in [-0.05, 0) is 24.6 Å². The van der Waals surface area contributed by atoms with Crippen molar-refractivity contribution in [2.24, 2.45) is 0 Å². The van der Waals surface area contributed by atoms with Crippen LogP contribution in [0, 0.1) is 6.92 Å². The summed E-state index contributed by atoms with van der Waals surface area (Å²) in [6.45, 7) is 1.50. The van der Waals surface area contributed by atoms with Crippen LogP contribution in [-0.2, 0) is 4.79 Å². The normalized spacial score (nSPS) is 11.9. The van der Waals surface area contributed by atoms with Gasteiger partial charge in [-0.2, -0.15) is 0 Å². The zero-order valence-electron chi connectivity index (χ0n) is 10.0. The number of hydrogen-bond donors (Lipinski definition) is 4. The zero-order chi connectivity index (χ0) is 13.7. The second kappa shape index (κ2) is 6.02. The molecule has 0 unspecified atom stereocenters. The lowest BCUT2D eigenvalue weighted by molar-refractivity contribution is -0.139. The zero-order valence-corrected chi connectivity index (χ0v) is 10.0. The van der Waals surface area contributed by atoms with Gasteiger partial charge in [0, 0.05) is 24.3 Å². The van der Waals surface area contributed by atoms with Crippen molar-refractivity contribution in [2.45, 2.75) is 19.4 Å².